The topological polar surface area (TPSA) is 73.7 Å². The van der Waals surface area contributed by atoms with E-state index in [9.17, 15) is 9.59 Å². The average Bonchev–Trinajstić information content (AvgIpc) is 3.33. The van der Waals surface area contributed by atoms with Crippen LogP contribution in [0.5, 0.6) is 0 Å². The Morgan fingerprint density at radius 2 is 1.97 bits per heavy atom. The van der Waals surface area contributed by atoms with Crippen LogP contribution in [0.3, 0.4) is 0 Å². The molecule has 0 saturated carbocycles. The molecule has 2 heterocycles. The van der Waals surface area contributed by atoms with Crippen molar-refractivity contribution in [3.8, 4) is 0 Å². The summed E-state index contributed by atoms with van der Waals surface area (Å²) in [7, 11) is 3.09. The molecule has 7 heteroatoms. The van der Waals surface area contributed by atoms with Crippen molar-refractivity contribution in [2.24, 2.45) is 7.05 Å². The Balaban J connectivity index is 2.06. The van der Waals surface area contributed by atoms with E-state index in [2.05, 4.69) is 5.10 Å². The normalized spacial score (nSPS) is 19.2. The highest BCUT2D eigenvalue weighted by Crippen LogP contribution is 2.32. The number of rotatable bonds is 5. The molecule has 2 aromatic rings. The van der Waals surface area contributed by atoms with Crippen molar-refractivity contribution >= 4 is 11.9 Å². The minimum atomic E-state index is -1.16. The van der Waals surface area contributed by atoms with Crippen molar-refractivity contribution in [3.05, 3.63) is 53.3 Å². The predicted molar refractivity (Wildman–Crippen MR) is 108 cm³/mol. The van der Waals surface area contributed by atoms with Gasteiger partial charge in [0.1, 0.15) is 5.69 Å². The van der Waals surface area contributed by atoms with Crippen LogP contribution in [-0.4, -0.2) is 52.4 Å². The van der Waals surface area contributed by atoms with Crippen molar-refractivity contribution in [1.82, 2.24) is 14.7 Å². The standard InChI is InChI=1S/C22H29N3O4/c1-21(2,3)18-13-17(24(4)23-18)19(26)25(14-16-9-7-6-8-10-16)22(20(27)28-5)11-12-29-15-22/h6-10,13H,11-12,14-15H2,1-5H3/t22-/m1/s1. The van der Waals surface area contributed by atoms with Crippen molar-refractivity contribution in [1.29, 1.82) is 0 Å². The molecule has 7 nitrogen and oxygen atoms in total. The van der Waals surface area contributed by atoms with E-state index in [1.54, 1.807) is 22.7 Å². The zero-order chi connectivity index (χ0) is 21.2. The minimum Gasteiger partial charge on any atom is -0.467 e. The van der Waals surface area contributed by atoms with E-state index < -0.39 is 11.5 Å². The Kier molecular flexibility index (Phi) is 5.80. The second kappa shape index (κ2) is 7.99. The van der Waals surface area contributed by atoms with Gasteiger partial charge in [0.05, 0.1) is 19.4 Å². The maximum atomic E-state index is 13.7. The van der Waals surface area contributed by atoms with Gasteiger partial charge in [-0.25, -0.2) is 4.79 Å². The third-order valence-corrected chi connectivity index (χ3v) is 5.38. The van der Waals surface area contributed by atoms with Gasteiger partial charge in [-0.15, -0.1) is 0 Å². The van der Waals surface area contributed by atoms with Gasteiger partial charge >= 0.3 is 5.97 Å². The summed E-state index contributed by atoms with van der Waals surface area (Å²) in [5, 5.41) is 4.53. The molecule has 0 spiro atoms. The first kappa shape index (κ1) is 21.0. The van der Waals surface area contributed by atoms with Crippen LogP contribution in [0.1, 0.15) is 48.9 Å². The number of hydrogen-bond donors (Lipinski definition) is 0. The number of amides is 1. The fourth-order valence-corrected chi connectivity index (χ4v) is 3.58. The minimum absolute atomic E-state index is 0.113. The number of ether oxygens (including phenoxy) is 2. The van der Waals surface area contributed by atoms with Crippen molar-refractivity contribution in [3.63, 3.8) is 0 Å². The molecule has 1 saturated heterocycles. The van der Waals surface area contributed by atoms with E-state index in [0.717, 1.165) is 11.3 Å². The van der Waals surface area contributed by atoms with E-state index in [1.165, 1.54) is 7.11 Å². The lowest BCUT2D eigenvalue weighted by Crippen LogP contribution is -2.58. The van der Waals surface area contributed by atoms with Gasteiger partial charge in [-0.1, -0.05) is 51.1 Å². The van der Waals surface area contributed by atoms with Crippen molar-refractivity contribution < 1.29 is 19.1 Å². The molecule has 1 fully saturated rings. The molecule has 1 aliphatic rings. The number of esters is 1. The Hall–Kier alpha value is -2.67. The number of carbonyl (C=O) groups excluding carboxylic acids is 2. The Morgan fingerprint density at radius 3 is 2.48 bits per heavy atom. The molecule has 156 valence electrons. The van der Waals surface area contributed by atoms with E-state index in [1.807, 2.05) is 51.1 Å². The summed E-state index contributed by atoms with van der Waals surface area (Å²) < 4.78 is 12.2. The largest absolute Gasteiger partial charge is 0.467 e. The van der Waals surface area contributed by atoms with E-state index in [0.29, 0.717) is 18.7 Å². The van der Waals surface area contributed by atoms with Gasteiger partial charge in [-0.3, -0.25) is 9.48 Å². The van der Waals surface area contributed by atoms with Gasteiger partial charge in [-0.2, -0.15) is 5.10 Å². The quantitative estimate of drug-likeness (QED) is 0.723. The second-order valence-corrected chi connectivity index (χ2v) is 8.49. The van der Waals surface area contributed by atoms with Crippen molar-refractivity contribution in [2.75, 3.05) is 20.3 Å². The van der Waals surface area contributed by atoms with Crippen LogP contribution < -0.4 is 0 Å². The lowest BCUT2D eigenvalue weighted by Gasteiger charge is -2.37. The van der Waals surface area contributed by atoms with Gasteiger partial charge in [0.15, 0.2) is 5.54 Å². The highest BCUT2D eigenvalue weighted by Gasteiger charge is 2.51. The van der Waals surface area contributed by atoms with Crippen LogP contribution in [0.4, 0.5) is 0 Å². The number of aromatic nitrogens is 2. The first-order valence-electron chi connectivity index (χ1n) is 9.75. The summed E-state index contributed by atoms with van der Waals surface area (Å²) in [6, 6.07) is 11.4. The van der Waals surface area contributed by atoms with E-state index >= 15 is 0 Å². The molecule has 1 aromatic carbocycles. The number of hydrogen-bond acceptors (Lipinski definition) is 5. The summed E-state index contributed by atoms with van der Waals surface area (Å²) in [5.74, 6) is -0.729. The number of benzene rings is 1. The first-order chi connectivity index (χ1) is 13.7. The van der Waals surface area contributed by atoms with Crippen LogP contribution in [0, 0.1) is 0 Å². The number of nitrogens with zero attached hydrogens (tertiary/aromatic N) is 3. The van der Waals surface area contributed by atoms with Crippen LogP contribution in [0.2, 0.25) is 0 Å². The van der Waals surface area contributed by atoms with E-state index in [-0.39, 0.29) is 24.5 Å². The number of aryl methyl sites for hydroxylation is 1. The number of methoxy groups -OCH3 is 1. The summed E-state index contributed by atoms with van der Waals surface area (Å²) >= 11 is 0. The SMILES string of the molecule is COC(=O)[C@@]1(N(Cc2ccccc2)C(=O)c2cc(C(C)(C)C)nn2C)CCOC1. The molecule has 1 amide bonds. The average molecular weight is 399 g/mol. The Bertz CT molecular complexity index is 877. The smallest absolute Gasteiger partial charge is 0.334 e. The van der Waals surface area contributed by atoms with Crippen LogP contribution >= 0.6 is 0 Å². The molecular weight excluding hydrogens is 370 g/mol. The lowest BCUT2D eigenvalue weighted by molar-refractivity contribution is -0.154. The van der Waals surface area contributed by atoms with Crippen LogP contribution in [0.25, 0.3) is 0 Å². The molecule has 0 bridgehead atoms. The third kappa shape index (κ3) is 4.05. The van der Waals surface area contributed by atoms with Crippen LogP contribution in [-0.2, 0) is 33.3 Å². The summed E-state index contributed by atoms with van der Waals surface area (Å²) in [6.07, 6.45) is 0.391. The molecule has 0 unspecified atom stereocenters. The van der Waals surface area contributed by atoms with Gasteiger partial charge in [0.2, 0.25) is 0 Å². The zero-order valence-corrected chi connectivity index (χ0v) is 17.8. The molecular formula is C22H29N3O4. The number of carbonyl (C=O) groups is 2. The summed E-state index contributed by atoms with van der Waals surface area (Å²) in [6.45, 7) is 6.92. The summed E-state index contributed by atoms with van der Waals surface area (Å²) in [4.78, 5) is 28.1. The Labute approximate surface area is 171 Å². The monoisotopic (exact) mass is 399 g/mol. The third-order valence-electron chi connectivity index (χ3n) is 5.38. The fraction of sp³-hybridized carbons (Fsp3) is 0.500. The van der Waals surface area contributed by atoms with Gasteiger partial charge in [0, 0.05) is 32.0 Å². The highest BCUT2D eigenvalue weighted by atomic mass is 16.5. The zero-order valence-electron chi connectivity index (χ0n) is 17.8. The highest BCUT2D eigenvalue weighted by molar-refractivity contribution is 5.97. The molecule has 3 rings (SSSR count). The molecule has 0 aliphatic carbocycles. The van der Waals surface area contributed by atoms with Gasteiger partial charge in [-0.05, 0) is 11.6 Å². The van der Waals surface area contributed by atoms with Gasteiger partial charge in [0.25, 0.3) is 5.91 Å². The molecule has 29 heavy (non-hydrogen) atoms. The predicted octanol–water partition coefficient (Wildman–Crippen LogP) is 2.69. The molecule has 0 N–H and O–H groups in total. The second-order valence-electron chi connectivity index (χ2n) is 8.49. The maximum Gasteiger partial charge on any atom is 0.334 e. The first-order valence-corrected chi connectivity index (χ1v) is 9.75. The Morgan fingerprint density at radius 1 is 1.28 bits per heavy atom. The fourth-order valence-electron chi connectivity index (χ4n) is 3.58. The molecule has 1 aliphatic heterocycles. The van der Waals surface area contributed by atoms with E-state index in [4.69, 9.17) is 9.47 Å². The van der Waals surface area contributed by atoms with Gasteiger partial charge < -0.3 is 14.4 Å². The van der Waals surface area contributed by atoms with Crippen LogP contribution in [0.15, 0.2) is 36.4 Å². The molecule has 0 radical (unpaired) electrons. The molecule has 1 aromatic heterocycles. The maximum absolute atomic E-state index is 13.7. The summed E-state index contributed by atoms with van der Waals surface area (Å²) in [5.41, 5.74) is 0.818. The van der Waals surface area contributed by atoms with Crippen molar-refractivity contribution in [2.45, 2.75) is 44.7 Å². The lowest BCUT2D eigenvalue weighted by atomic mass is 9.91. The molecule has 1 atom stereocenters.